The summed E-state index contributed by atoms with van der Waals surface area (Å²) >= 11 is 0. The molecule has 1 N–H and O–H groups in total. The van der Waals surface area contributed by atoms with Gasteiger partial charge in [0.25, 0.3) is 0 Å². The third kappa shape index (κ3) is 7.37. The van der Waals surface area contributed by atoms with E-state index in [0.29, 0.717) is 37.1 Å². The van der Waals surface area contributed by atoms with Crippen molar-refractivity contribution in [2.24, 2.45) is 5.92 Å². The lowest BCUT2D eigenvalue weighted by Crippen LogP contribution is -2.53. The lowest BCUT2D eigenvalue weighted by Gasteiger charge is -2.34. The molecule has 0 aliphatic carbocycles. The summed E-state index contributed by atoms with van der Waals surface area (Å²) in [6.07, 6.45) is 2.22. The maximum Gasteiger partial charge on any atom is 0.329 e. The molecule has 2 heterocycles. The van der Waals surface area contributed by atoms with Crippen molar-refractivity contribution in [3.63, 3.8) is 0 Å². The molecule has 0 unspecified atom stereocenters. The highest BCUT2D eigenvalue weighted by atomic mass is 32.2. The Morgan fingerprint density at radius 1 is 0.976 bits per heavy atom. The zero-order valence-corrected chi connectivity index (χ0v) is 25.8. The summed E-state index contributed by atoms with van der Waals surface area (Å²) in [6, 6.07) is 10.8. The molecule has 42 heavy (non-hydrogen) atoms. The van der Waals surface area contributed by atoms with Crippen LogP contribution in [0.3, 0.4) is 0 Å². The van der Waals surface area contributed by atoms with Gasteiger partial charge in [0.15, 0.2) is 0 Å². The quantitative estimate of drug-likeness (QED) is 0.359. The fourth-order valence-electron chi connectivity index (χ4n) is 5.25. The Morgan fingerprint density at radius 3 is 2.19 bits per heavy atom. The topological polar surface area (TPSA) is 122 Å². The first-order valence-corrected chi connectivity index (χ1v) is 15.9. The van der Waals surface area contributed by atoms with E-state index in [2.05, 4.69) is 5.32 Å². The number of nitrogens with one attached hydrogen (secondary N) is 1. The summed E-state index contributed by atoms with van der Waals surface area (Å²) < 4.78 is 39.6. The number of anilines is 1. The van der Waals surface area contributed by atoms with Crippen molar-refractivity contribution >= 4 is 33.6 Å². The van der Waals surface area contributed by atoms with Crippen LogP contribution >= 0.6 is 0 Å². The first kappa shape index (κ1) is 31.7. The predicted octanol–water partition coefficient (Wildman–Crippen LogP) is 3.82. The smallest absolute Gasteiger partial charge is 0.329 e. The lowest BCUT2D eigenvalue weighted by molar-refractivity contribution is -0.157. The number of carbonyl (C=O) groups is 3. The zero-order valence-electron chi connectivity index (χ0n) is 25.0. The number of benzene rings is 2. The fraction of sp³-hybridized carbons (Fsp3) is 0.516. The standard InChI is InChI=1S/C31H41N3O7S/c1-21-8-14-26(15-9-21)42(38,39)33-20-6-7-27(33)28(35)34(22(2)29(36)41-31(3,4)5)24-10-12-25(13-11-24)40-30(37)23-16-18-32-19-17-23/h8-15,22-23,27,32H,6-7,16-20H2,1-5H3/t22-,27-/m0/s1. The van der Waals surface area contributed by atoms with Gasteiger partial charge in [0.2, 0.25) is 15.9 Å². The average molecular weight is 600 g/mol. The van der Waals surface area contributed by atoms with Crippen molar-refractivity contribution in [2.45, 2.75) is 82.9 Å². The monoisotopic (exact) mass is 599 g/mol. The van der Waals surface area contributed by atoms with Crippen LogP contribution in [-0.2, 0) is 29.1 Å². The zero-order chi connectivity index (χ0) is 30.7. The molecule has 228 valence electrons. The van der Waals surface area contributed by atoms with Crippen molar-refractivity contribution in [3.05, 3.63) is 54.1 Å². The molecule has 1 amide bonds. The van der Waals surface area contributed by atoms with Crippen LogP contribution in [-0.4, -0.2) is 67.9 Å². The molecule has 0 aromatic heterocycles. The van der Waals surface area contributed by atoms with Crippen LogP contribution < -0.4 is 15.0 Å². The molecule has 2 aliphatic rings. The second kappa shape index (κ2) is 12.9. The third-order valence-corrected chi connectivity index (χ3v) is 9.42. The Balaban J connectivity index is 1.62. The van der Waals surface area contributed by atoms with Gasteiger partial charge < -0.3 is 14.8 Å². The molecular formula is C31H41N3O7S. The highest BCUT2D eigenvalue weighted by Crippen LogP contribution is 2.31. The van der Waals surface area contributed by atoms with Crippen molar-refractivity contribution in [2.75, 3.05) is 24.5 Å². The molecule has 0 saturated carbocycles. The molecule has 10 nitrogen and oxygen atoms in total. The van der Waals surface area contributed by atoms with Gasteiger partial charge in [0, 0.05) is 12.2 Å². The Labute approximate surface area is 248 Å². The largest absolute Gasteiger partial charge is 0.458 e. The molecule has 2 fully saturated rings. The number of aryl methyl sites for hydroxylation is 1. The maximum atomic E-state index is 14.2. The van der Waals surface area contributed by atoms with Crippen LogP contribution in [0.4, 0.5) is 5.69 Å². The Kier molecular flexibility index (Phi) is 9.74. The molecule has 11 heteroatoms. The van der Waals surface area contributed by atoms with E-state index < -0.39 is 39.6 Å². The number of nitrogens with zero attached hydrogens (tertiary/aromatic N) is 2. The number of ether oxygens (including phenoxy) is 2. The van der Waals surface area contributed by atoms with Crippen molar-refractivity contribution in [1.29, 1.82) is 0 Å². The van der Waals surface area contributed by atoms with Crippen molar-refractivity contribution in [3.8, 4) is 5.75 Å². The fourth-order valence-corrected chi connectivity index (χ4v) is 6.90. The van der Waals surface area contributed by atoms with Crippen LogP contribution in [0.1, 0.15) is 58.9 Å². The van der Waals surface area contributed by atoms with E-state index in [4.69, 9.17) is 9.47 Å². The molecule has 4 rings (SSSR count). The first-order chi connectivity index (χ1) is 19.8. The highest BCUT2D eigenvalue weighted by molar-refractivity contribution is 7.89. The van der Waals surface area contributed by atoms with Crippen molar-refractivity contribution < 1.29 is 32.3 Å². The molecule has 2 saturated heterocycles. The van der Waals surface area contributed by atoms with Crippen LogP contribution in [0.15, 0.2) is 53.4 Å². The summed E-state index contributed by atoms with van der Waals surface area (Å²) in [4.78, 5) is 41.4. The summed E-state index contributed by atoms with van der Waals surface area (Å²) in [5.74, 6) is -1.31. The van der Waals surface area contributed by atoms with Gasteiger partial charge in [-0.1, -0.05) is 17.7 Å². The van der Waals surface area contributed by atoms with E-state index in [1.165, 1.54) is 21.3 Å². The van der Waals surface area contributed by atoms with Crippen LogP contribution in [0.5, 0.6) is 5.75 Å². The second-order valence-corrected chi connectivity index (χ2v) is 13.8. The van der Waals surface area contributed by atoms with Gasteiger partial charge in [-0.15, -0.1) is 0 Å². The number of amides is 1. The molecule has 2 aromatic carbocycles. The van der Waals surface area contributed by atoms with Crippen LogP contribution in [0.25, 0.3) is 0 Å². The van der Waals surface area contributed by atoms with E-state index in [1.54, 1.807) is 64.1 Å². The molecule has 0 radical (unpaired) electrons. The van der Waals surface area contributed by atoms with Gasteiger partial charge in [-0.25, -0.2) is 13.2 Å². The van der Waals surface area contributed by atoms with E-state index in [9.17, 15) is 22.8 Å². The molecule has 2 aliphatic heterocycles. The number of hydrogen-bond acceptors (Lipinski definition) is 8. The first-order valence-electron chi connectivity index (χ1n) is 14.4. The Bertz CT molecular complexity index is 1380. The van der Waals surface area contributed by atoms with E-state index in [0.717, 1.165) is 18.7 Å². The number of piperidine rings is 1. The van der Waals surface area contributed by atoms with Gasteiger partial charge in [-0.3, -0.25) is 14.5 Å². The van der Waals surface area contributed by atoms with Gasteiger partial charge in [0.1, 0.15) is 23.4 Å². The number of esters is 2. The summed E-state index contributed by atoms with van der Waals surface area (Å²) in [5, 5.41) is 3.22. The molecule has 2 atom stereocenters. The maximum absolute atomic E-state index is 14.2. The lowest BCUT2D eigenvalue weighted by atomic mass is 9.98. The predicted molar refractivity (Wildman–Crippen MR) is 159 cm³/mol. The van der Waals surface area contributed by atoms with E-state index >= 15 is 0 Å². The van der Waals surface area contributed by atoms with E-state index in [1.807, 2.05) is 6.92 Å². The van der Waals surface area contributed by atoms with Gasteiger partial charge >= 0.3 is 11.9 Å². The average Bonchev–Trinajstić information content (AvgIpc) is 3.45. The minimum atomic E-state index is -3.96. The number of carbonyl (C=O) groups excluding carboxylic acids is 3. The SMILES string of the molecule is Cc1ccc(S(=O)(=O)N2CCC[C@H]2C(=O)N(c2ccc(OC(=O)C3CCNCC3)cc2)[C@@H](C)C(=O)OC(C)(C)C)cc1. The van der Waals surface area contributed by atoms with Gasteiger partial charge in [0.05, 0.1) is 10.8 Å². The molecule has 0 bridgehead atoms. The Morgan fingerprint density at radius 2 is 1.60 bits per heavy atom. The van der Waals surface area contributed by atoms with Gasteiger partial charge in [-0.05, 0) is 110 Å². The normalized spacial score (nSPS) is 19.2. The minimum Gasteiger partial charge on any atom is -0.458 e. The number of sulfonamides is 1. The number of rotatable bonds is 8. The summed E-state index contributed by atoms with van der Waals surface area (Å²) in [7, 11) is -3.96. The third-order valence-electron chi connectivity index (χ3n) is 7.49. The van der Waals surface area contributed by atoms with Crippen molar-refractivity contribution in [1.82, 2.24) is 9.62 Å². The summed E-state index contributed by atoms with van der Waals surface area (Å²) in [6.45, 7) is 10.4. The Hall–Kier alpha value is -3.28. The number of hydrogen-bond donors (Lipinski definition) is 1. The van der Waals surface area contributed by atoms with Crippen LogP contribution in [0, 0.1) is 12.8 Å². The van der Waals surface area contributed by atoms with Crippen LogP contribution in [0.2, 0.25) is 0 Å². The molecule has 2 aromatic rings. The molecule has 0 spiro atoms. The summed E-state index contributed by atoms with van der Waals surface area (Å²) in [5.41, 5.74) is 0.492. The highest BCUT2D eigenvalue weighted by Gasteiger charge is 2.44. The molecular weight excluding hydrogens is 558 g/mol. The minimum absolute atomic E-state index is 0.111. The van der Waals surface area contributed by atoms with Gasteiger partial charge in [-0.2, -0.15) is 4.31 Å². The second-order valence-electron chi connectivity index (χ2n) is 11.9. The van der Waals surface area contributed by atoms with E-state index in [-0.39, 0.29) is 23.3 Å².